The second-order valence-corrected chi connectivity index (χ2v) is 5.46. The van der Waals surface area contributed by atoms with Gasteiger partial charge in [-0.3, -0.25) is 0 Å². The predicted molar refractivity (Wildman–Crippen MR) is 79.7 cm³/mol. The Morgan fingerprint density at radius 2 is 1.25 bits per heavy atom. The lowest BCUT2D eigenvalue weighted by Gasteiger charge is -2.28. The quantitative estimate of drug-likeness (QED) is 0.623. The van der Waals surface area contributed by atoms with Crippen LogP contribution in [0.4, 0.5) is 32.0 Å². The molecule has 1 nitrogen and oxygen atoms in total. The molecular weight excluding hydrogens is 332 g/mol. The van der Waals surface area contributed by atoms with Gasteiger partial charge in [0.2, 0.25) is 0 Å². The Kier molecular flexibility index (Phi) is 4.82. The molecule has 0 saturated heterocycles. The third-order valence-electron chi connectivity index (χ3n) is 3.84. The summed E-state index contributed by atoms with van der Waals surface area (Å²) in [6.45, 7) is 1.56. The molecule has 0 saturated carbocycles. The van der Waals surface area contributed by atoms with Crippen LogP contribution < -0.4 is 4.90 Å². The van der Waals surface area contributed by atoms with Crippen LogP contribution >= 0.6 is 0 Å². The van der Waals surface area contributed by atoms with Gasteiger partial charge in [-0.2, -0.15) is 26.3 Å². The number of para-hydroxylation sites is 1. The molecule has 0 spiro atoms. The van der Waals surface area contributed by atoms with E-state index in [2.05, 4.69) is 0 Å². The van der Waals surface area contributed by atoms with E-state index in [1.54, 1.807) is 49.2 Å². The molecule has 0 heterocycles. The van der Waals surface area contributed by atoms with Crippen molar-refractivity contribution in [3.63, 3.8) is 0 Å². The predicted octanol–water partition coefficient (Wildman–Crippen LogP) is 5.92. The first-order valence-corrected chi connectivity index (χ1v) is 7.07. The van der Waals surface area contributed by atoms with Crippen LogP contribution in [0.1, 0.15) is 29.7 Å². The lowest BCUT2D eigenvalue weighted by Crippen LogP contribution is -2.23. The van der Waals surface area contributed by atoms with Crippen molar-refractivity contribution in [2.75, 3.05) is 11.9 Å². The number of benzene rings is 2. The van der Waals surface area contributed by atoms with Gasteiger partial charge in [0, 0.05) is 12.7 Å². The van der Waals surface area contributed by atoms with Crippen molar-refractivity contribution in [3.8, 4) is 0 Å². The fourth-order valence-corrected chi connectivity index (χ4v) is 2.33. The fraction of sp³-hybridized carbons (Fsp3) is 0.294. The molecule has 130 valence electrons. The molecule has 0 aliphatic heterocycles. The van der Waals surface area contributed by atoms with Crippen LogP contribution in [0.5, 0.6) is 0 Å². The third kappa shape index (κ3) is 4.01. The molecule has 0 amide bonds. The van der Waals surface area contributed by atoms with Gasteiger partial charge in [-0.25, -0.2) is 0 Å². The molecular formula is C17H15F6N. The van der Waals surface area contributed by atoms with Gasteiger partial charge in [0.1, 0.15) is 0 Å². The zero-order valence-corrected chi connectivity index (χ0v) is 12.9. The number of hydrogen-bond donors (Lipinski definition) is 0. The van der Waals surface area contributed by atoms with Crippen LogP contribution in [0, 0.1) is 0 Å². The van der Waals surface area contributed by atoms with Gasteiger partial charge in [-0.1, -0.05) is 18.2 Å². The maximum atomic E-state index is 12.9. The summed E-state index contributed by atoms with van der Waals surface area (Å²) >= 11 is 0. The third-order valence-corrected chi connectivity index (χ3v) is 3.84. The summed E-state index contributed by atoms with van der Waals surface area (Å²) in [5, 5.41) is 0. The SMILES string of the molecule is C[C@@H](c1cc(C(F)(F)F)cc(C(F)(F)F)c1)N(C)c1ccccc1. The smallest absolute Gasteiger partial charge is 0.368 e. The summed E-state index contributed by atoms with van der Waals surface area (Å²) in [4.78, 5) is 1.62. The molecule has 0 radical (unpaired) electrons. The zero-order chi connectivity index (χ0) is 18.1. The summed E-state index contributed by atoms with van der Waals surface area (Å²) in [5.41, 5.74) is -1.97. The Labute approximate surface area is 135 Å². The van der Waals surface area contributed by atoms with Gasteiger partial charge in [0.15, 0.2) is 0 Å². The average Bonchev–Trinajstić information content (AvgIpc) is 2.52. The van der Waals surface area contributed by atoms with E-state index in [-0.39, 0.29) is 11.6 Å². The molecule has 2 rings (SSSR count). The van der Waals surface area contributed by atoms with Crippen molar-refractivity contribution < 1.29 is 26.3 Å². The van der Waals surface area contributed by atoms with Crippen molar-refractivity contribution in [2.45, 2.75) is 25.3 Å². The van der Waals surface area contributed by atoms with Crippen molar-refractivity contribution in [1.29, 1.82) is 0 Å². The van der Waals surface area contributed by atoms with Crippen molar-refractivity contribution in [1.82, 2.24) is 0 Å². The molecule has 0 unspecified atom stereocenters. The Bertz CT molecular complexity index is 658. The van der Waals surface area contributed by atoms with Crippen LogP contribution in [-0.4, -0.2) is 7.05 Å². The highest BCUT2D eigenvalue weighted by Crippen LogP contribution is 2.38. The molecule has 0 fully saturated rings. The van der Waals surface area contributed by atoms with Crippen LogP contribution in [0.15, 0.2) is 48.5 Å². The molecule has 0 aliphatic rings. The molecule has 0 aromatic heterocycles. The van der Waals surface area contributed by atoms with Gasteiger partial charge >= 0.3 is 12.4 Å². The molecule has 2 aromatic carbocycles. The largest absolute Gasteiger partial charge is 0.416 e. The summed E-state index contributed by atoms with van der Waals surface area (Å²) in [7, 11) is 1.62. The van der Waals surface area contributed by atoms with Gasteiger partial charge in [0.25, 0.3) is 0 Å². The van der Waals surface area contributed by atoms with Gasteiger partial charge in [0.05, 0.1) is 17.2 Å². The standard InChI is InChI=1S/C17H15F6N/c1-11(24(2)15-6-4-3-5-7-15)12-8-13(16(18,19)20)10-14(9-12)17(21,22)23/h3-11H,1-2H3/t11-/m0/s1. The highest BCUT2D eigenvalue weighted by molar-refractivity contribution is 5.48. The minimum absolute atomic E-state index is 0.0523. The number of hydrogen-bond acceptors (Lipinski definition) is 1. The molecule has 7 heteroatoms. The first kappa shape index (κ1) is 18.2. The first-order valence-electron chi connectivity index (χ1n) is 7.07. The van der Waals surface area contributed by atoms with Gasteiger partial charge in [-0.15, -0.1) is 0 Å². The number of alkyl halides is 6. The minimum atomic E-state index is -4.85. The second kappa shape index (κ2) is 6.37. The number of rotatable bonds is 3. The second-order valence-electron chi connectivity index (χ2n) is 5.46. The number of nitrogens with zero attached hydrogens (tertiary/aromatic N) is 1. The molecule has 1 atom stereocenters. The van der Waals surface area contributed by atoms with E-state index < -0.39 is 29.5 Å². The number of anilines is 1. The Morgan fingerprint density at radius 3 is 1.67 bits per heavy atom. The highest BCUT2D eigenvalue weighted by atomic mass is 19.4. The van der Waals surface area contributed by atoms with E-state index in [0.29, 0.717) is 5.69 Å². The van der Waals surface area contributed by atoms with Gasteiger partial charge in [-0.05, 0) is 42.8 Å². The Hall–Kier alpha value is -2.18. The van der Waals surface area contributed by atoms with E-state index in [1.807, 2.05) is 0 Å². The lowest BCUT2D eigenvalue weighted by molar-refractivity contribution is -0.143. The van der Waals surface area contributed by atoms with E-state index >= 15 is 0 Å². The minimum Gasteiger partial charge on any atom is -0.368 e. The summed E-state index contributed by atoms with van der Waals surface area (Å²) < 4.78 is 77.7. The Balaban J connectivity index is 2.48. The van der Waals surface area contributed by atoms with Crippen LogP contribution in [-0.2, 0) is 12.4 Å². The van der Waals surface area contributed by atoms with Crippen LogP contribution in [0.2, 0.25) is 0 Å². The topological polar surface area (TPSA) is 3.24 Å². The van der Waals surface area contributed by atoms with Gasteiger partial charge < -0.3 is 4.90 Å². The highest BCUT2D eigenvalue weighted by Gasteiger charge is 2.37. The first-order chi connectivity index (χ1) is 11.0. The zero-order valence-electron chi connectivity index (χ0n) is 12.9. The molecule has 0 bridgehead atoms. The van der Waals surface area contributed by atoms with E-state index in [0.717, 1.165) is 12.1 Å². The number of halogens is 6. The molecule has 0 aliphatic carbocycles. The maximum Gasteiger partial charge on any atom is 0.416 e. The molecule has 2 aromatic rings. The summed E-state index contributed by atoms with van der Waals surface area (Å²) in [5.74, 6) is 0. The Morgan fingerprint density at radius 1 is 0.792 bits per heavy atom. The summed E-state index contributed by atoms with van der Waals surface area (Å²) in [6.07, 6.45) is -9.69. The van der Waals surface area contributed by atoms with E-state index in [9.17, 15) is 26.3 Å². The van der Waals surface area contributed by atoms with E-state index in [4.69, 9.17) is 0 Å². The maximum absolute atomic E-state index is 12.9. The average molecular weight is 347 g/mol. The van der Waals surface area contributed by atoms with Crippen LogP contribution in [0.3, 0.4) is 0 Å². The van der Waals surface area contributed by atoms with Crippen molar-refractivity contribution >= 4 is 5.69 Å². The normalized spacial score (nSPS) is 13.7. The fourth-order valence-electron chi connectivity index (χ4n) is 2.33. The monoisotopic (exact) mass is 347 g/mol. The molecule has 24 heavy (non-hydrogen) atoms. The lowest BCUT2D eigenvalue weighted by atomic mass is 9.99. The summed E-state index contributed by atoms with van der Waals surface area (Å²) in [6, 6.07) is 9.71. The van der Waals surface area contributed by atoms with Crippen molar-refractivity contribution in [2.24, 2.45) is 0 Å². The van der Waals surface area contributed by atoms with E-state index in [1.165, 1.54) is 0 Å². The molecule has 0 N–H and O–H groups in total. The van der Waals surface area contributed by atoms with Crippen LogP contribution in [0.25, 0.3) is 0 Å². The van der Waals surface area contributed by atoms with Crippen molar-refractivity contribution in [3.05, 3.63) is 65.2 Å².